The average molecular weight is 672 g/mol. The summed E-state index contributed by atoms with van der Waals surface area (Å²) in [5, 5.41) is 33.4. The van der Waals surface area contributed by atoms with E-state index in [1.54, 1.807) is 6.07 Å². The van der Waals surface area contributed by atoms with Gasteiger partial charge in [0.1, 0.15) is 17.0 Å². The van der Waals surface area contributed by atoms with Crippen molar-refractivity contribution in [1.82, 2.24) is 25.2 Å². The number of aliphatic hydroxyl groups is 1. The number of aromatic hydroxyl groups is 1. The van der Waals surface area contributed by atoms with Crippen molar-refractivity contribution in [2.75, 3.05) is 30.3 Å². The highest BCUT2D eigenvalue weighted by Gasteiger charge is 2.47. The van der Waals surface area contributed by atoms with Crippen molar-refractivity contribution in [1.29, 1.82) is 0 Å². The van der Waals surface area contributed by atoms with Crippen molar-refractivity contribution in [3.8, 4) is 11.4 Å². The Morgan fingerprint density at radius 3 is 2.72 bits per heavy atom. The number of phenols is 1. The summed E-state index contributed by atoms with van der Waals surface area (Å²) in [6.45, 7) is -0.582. The Morgan fingerprint density at radius 1 is 1.17 bits per heavy atom. The van der Waals surface area contributed by atoms with Crippen LogP contribution in [0.25, 0.3) is 16.7 Å². The number of pyridine rings is 1. The molecule has 5 aromatic rings. The minimum atomic E-state index is -4.67. The van der Waals surface area contributed by atoms with Gasteiger partial charge < -0.3 is 30.5 Å². The normalized spacial score (nSPS) is 16.7. The number of carbonyl (C=O) groups excluding carboxylic acids is 2. The number of amides is 2. The zero-order chi connectivity index (χ0) is 33.5. The minimum absolute atomic E-state index is 0.00590. The average Bonchev–Trinajstić information content (AvgIpc) is 3.67. The van der Waals surface area contributed by atoms with Gasteiger partial charge in [-0.2, -0.15) is 13.2 Å². The van der Waals surface area contributed by atoms with Crippen LogP contribution in [0.4, 0.5) is 24.8 Å². The van der Waals surface area contributed by atoms with Crippen LogP contribution in [0.1, 0.15) is 21.6 Å². The van der Waals surface area contributed by atoms with Gasteiger partial charge in [-0.05, 0) is 42.0 Å². The van der Waals surface area contributed by atoms with Gasteiger partial charge in [0.15, 0.2) is 23.3 Å². The molecule has 3 aromatic heterocycles. The third-order valence-corrected chi connectivity index (χ3v) is 7.85. The Morgan fingerprint density at radius 2 is 1.96 bits per heavy atom. The van der Waals surface area contributed by atoms with Crippen molar-refractivity contribution < 1.29 is 42.2 Å². The number of halogens is 4. The van der Waals surface area contributed by atoms with E-state index in [2.05, 4.69) is 20.6 Å². The number of nitrogens with one attached hydrogen (secondary N) is 1. The summed E-state index contributed by atoms with van der Waals surface area (Å²) < 4.78 is 51.9. The van der Waals surface area contributed by atoms with E-state index in [1.807, 2.05) is 0 Å². The number of phenolic OH excluding ortho intramolecular Hbond substituents is 1. The molecule has 0 spiro atoms. The predicted molar refractivity (Wildman–Crippen MR) is 161 cm³/mol. The molecule has 17 heteroatoms. The molecule has 5 N–H and O–H groups in total. The number of nitrogen functional groups attached to an aromatic ring is 1. The maximum atomic E-state index is 14.0. The van der Waals surface area contributed by atoms with E-state index in [9.17, 15) is 33.0 Å². The van der Waals surface area contributed by atoms with Crippen LogP contribution in [-0.2, 0) is 22.1 Å². The second-order valence-corrected chi connectivity index (χ2v) is 11.2. The van der Waals surface area contributed by atoms with Gasteiger partial charge in [0.25, 0.3) is 11.8 Å². The lowest BCUT2D eigenvalue weighted by atomic mass is 9.86. The molecule has 0 aliphatic carbocycles. The molecule has 2 aromatic carbocycles. The molecule has 1 fully saturated rings. The summed E-state index contributed by atoms with van der Waals surface area (Å²) in [7, 11) is 0. The lowest BCUT2D eigenvalue weighted by Gasteiger charge is -2.40. The molecule has 4 heterocycles. The molecule has 1 aliphatic heterocycles. The Hall–Kier alpha value is -5.19. The van der Waals surface area contributed by atoms with Crippen LogP contribution in [0.3, 0.4) is 0 Å². The number of fused-ring (bicyclic) bond motifs is 1. The highest BCUT2D eigenvalue weighted by Crippen LogP contribution is 2.34. The molecular formula is C30H25ClF3N7O6. The van der Waals surface area contributed by atoms with Crippen molar-refractivity contribution in [3.63, 3.8) is 0 Å². The molecule has 47 heavy (non-hydrogen) atoms. The molecule has 1 saturated heterocycles. The van der Waals surface area contributed by atoms with Crippen LogP contribution < -0.4 is 16.0 Å². The summed E-state index contributed by atoms with van der Waals surface area (Å²) in [6, 6.07) is 12.4. The molecule has 244 valence electrons. The first-order valence-corrected chi connectivity index (χ1v) is 14.4. The van der Waals surface area contributed by atoms with Crippen LogP contribution in [0.5, 0.6) is 5.75 Å². The van der Waals surface area contributed by atoms with Gasteiger partial charge in [-0.25, -0.2) is 4.68 Å². The Balaban J connectivity index is 1.31. The van der Waals surface area contributed by atoms with Gasteiger partial charge in [0, 0.05) is 24.9 Å². The van der Waals surface area contributed by atoms with Gasteiger partial charge in [-0.15, -0.1) is 5.10 Å². The van der Waals surface area contributed by atoms with Gasteiger partial charge in [0.05, 0.1) is 41.4 Å². The number of benzene rings is 2. The molecule has 6 rings (SSSR count). The lowest BCUT2D eigenvalue weighted by molar-refractivity contribution is -0.157. The number of alkyl halides is 3. The largest absolute Gasteiger partial charge is 0.507 e. The monoisotopic (exact) mass is 671 g/mol. The van der Waals surface area contributed by atoms with E-state index in [0.717, 1.165) is 16.9 Å². The standard InChI is InChI=1S/C30H25ClF3N7O6/c31-19-11-16(12-21-24(19)26(35)39-47-21)14-29(45,15-37-27(43)18-3-1-2-4-20(18)42)25-28(44)40(9-10-46-25)23-6-8-41(38-23)17-5-7-36-22(13-17)30(32,33)34/h1-8,11-13,25,42,45H,9-10,14-15H2,(H2,35,39)(H,37,43)/t25-,29?/m0/s1. The zero-order valence-corrected chi connectivity index (χ0v) is 24.9. The number of carbonyl (C=O) groups is 2. The number of ether oxygens (including phenoxy) is 1. The van der Waals surface area contributed by atoms with Crippen LogP contribution in [0.15, 0.2) is 71.5 Å². The maximum Gasteiger partial charge on any atom is 0.433 e. The first kappa shape index (κ1) is 31.8. The van der Waals surface area contributed by atoms with Gasteiger partial charge in [0.2, 0.25) is 0 Å². The molecule has 13 nitrogen and oxygen atoms in total. The first-order chi connectivity index (χ1) is 22.3. The predicted octanol–water partition coefficient (Wildman–Crippen LogP) is 3.50. The summed E-state index contributed by atoms with van der Waals surface area (Å²) in [4.78, 5) is 31.5. The number of morpholine rings is 1. The molecule has 2 atom stereocenters. The summed E-state index contributed by atoms with van der Waals surface area (Å²) in [6.07, 6.45) is -4.16. The number of aromatic nitrogens is 4. The Labute approximate surface area is 268 Å². The van der Waals surface area contributed by atoms with Crippen LogP contribution in [0.2, 0.25) is 5.02 Å². The summed E-state index contributed by atoms with van der Waals surface area (Å²) >= 11 is 6.43. The number of nitrogens with zero attached hydrogens (tertiary/aromatic N) is 5. The van der Waals surface area contributed by atoms with Gasteiger partial charge in [-0.1, -0.05) is 28.9 Å². The maximum absolute atomic E-state index is 14.0. The van der Waals surface area contributed by atoms with Crippen LogP contribution in [0, 0.1) is 0 Å². The van der Waals surface area contributed by atoms with E-state index < -0.39 is 41.9 Å². The topological polar surface area (TPSA) is 182 Å². The van der Waals surface area contributed by atoms with E-state index in [4.69, 9.17) is 26.6 Å². The number of hydrogen-bond donors (Lipinski definition) is 4. The van der Waals surface area contributed by atoms with Crippen molar-refractivity contribution in [2.24, 2.45) is 0 Å². The van der Waals surface area contributed by atoms with E-state index in [-0.39, 0.29) is 58.8 Å². The molecule has 1 unspecified atom stereocenters. The third-order valence-electron chi connectivity index (χ3n) is 7.55. The highest BCUT2D eigenvalue weighted by atomic mass is 35.5. The third kappa shape index (κ3) is 6.30. The number of hydrogen-bond acceptors (Lipinski definition) is 10. The summed E-state index contributed by atoms with van der Waals surface area (Å²) in [5.74, 6) is -1.62. The van der Waals surface area contributed by atoms with Gasteiger partial charge >= 0.3 is 6.18 Å². The fraction of sp³-hybridized carbons (Fsp3) is 0.233. The quantitative estimate of drug-likeness (QED) is 0.191. The number of rotatable bonds is 8. The zero-order valence-electron chi connectivity index (χ0n) is 24.1. The highest BCUT2D eigenvalue weighted by molar-refractivity contribution is 6.36. The van der Waals surface area contributed by atoms with E-state index in [1.165, 1.54) is 53.6 Å². The molecule has 2 amide bonds. The second-order valence-electron chi connectivity index (χ2n) is 10.8. The fourth-order valence-corrected chi connectivity index (χ4v) is 5.64. The first-order valence-electron chi connectivity index (χ1n) is 14.0. The van der Waals surface area contributed by atoms with Crippen LogP contribution >= 0.6 is 11.6 Å². The number of anilines is 2. The van der Waals surface area contributed by atoms with E-state index >= 15 is 0 Å². The molecule has 0 radical (unpaired) electrons. The van der Waals surface area contributed by atoms with Gasteiger partial charge in [-0.3, -0.25) is 19.5 Å². The Kier molecular flexibility index (Phi) is 8.25. The fourth-order valence-electron chi connectivity index (χ4n) is 5.31. The summed E-state index contributed by atoms with van der Waals surface area (Å²) in [5.41, 5.74) is 3.20. The van der Waals surface area contributed by atoms with Crippen molar-refractivity contribution in [2.45, 2.75) is 24.3 Å². The van der Waals surface area contributed by atoms with Crippen molar-refractivity contribution in [3.05, 3.63) is 88.8 Å². The smallest absolute Gasteiger partial charge is 0.433 e. The number of para-hydroxylation sites is 1. The molecule has 0 bridgehead atoms. The second kappa shape index (κ2) is 12.2. The minimum Gasteiger partial charge on any atom is -0.507 e. The molecular weight excluding hydrogens is 647 g/mol. The van der Waals surface area contributed by atoms with Crippen molar-refractivity contribution >= 4 is 46.0 Å². The molecule has 0 saturated carbocycles. The lowest BCUT2D eigenvalue weighted by Crippen LogP contribution is -2.63. The number of nitrogens with two attached hydrogens (primary N) is 1. The molecule has 1 aliphatic rings. The SMILES string of the molecule is Nc1noc2cc(CC(O)(CNC(=O)c3ccccc3O)[C@H]3OCCN(c4ccn(-c5ccnc(C(F)(F)F)c5)n4)C3=O)cc(Cl)c12. The van der Waals surface area contributed by atoms with E-state index in [0.29, 0.717) is 10.9 Å². The Bertz CT molecular complexity index is 1980. The van der Waals surface area contributed by atoms with Crippen LogP contribution in [-0.4, -0.2) is 73.3 Å².